The minimum absolute atomic E-state index is 0.232. The predicted molar refractivity (Wildman–Crippen MR) is 224 cm³/mol. The lowest BCUT2D eigenvalue weighted by Gasteiger charge is -2.40. The van der Waals surface area contributed by atoms with Crippen molar-refractivity contribution in [1.82, 2.24) is 5.32 Å². The third-order valence-electron chi connectivity index (χ3n) is 11.0. The first kappa shape index (κ1) is 52.6. The first-order valence-corrected chi connectivity index (χ1v) is 22.7. The summed E-state index contributed by atoms with van der Waals surface area (Å²) in [7, 11) is 0. The van der Waals surface area contributed by atoms with Crippen molar-refractivity contribution in [2.45, 2.75) is 242 Å². The number of amides is 1. The number of hydrogen-bond acceptors (Lipinski definition) is 10. The molecule has 0 spiro atoms. The number of ether oxygens (including phenoxy) is 2. The molecule has 0 bridgehead atoms. The van der Waals surface area contributed by atoms with Crippen LogP contribution in [0.1, 0.15) is 187 Å². The largest absolute Gasteiger partial charge is 0.394 e. The van der Waals surface area contributed by atoms with Gasteiger partial charge in [-0.15, -0.1) is 0 Å². The van der Waals surface area contributed by atoms with Crippen molar-refractivity contribution in [3.05, 3.63) is 24.3 Å². The van der Waals surface area contributed by atoms with Gasteiger partial charge in [-0.1, -0.05) is 154 Å². The number of nitrogens with one attached hydrogen (secondary N) is 1. The number of rotatable bonds is 37. The second-order valence-corrected chi connectivity index (χ2v) is 16.1. The average Bonchev–Trinajstić information content (AvgIpc) is 3.20. The molecule has 0 aromatic heterocycles. The molecule has 11 heteroatoms. The summed E-state index contributed by atoms with van der Waals surface area (Å²) in [6.45, 7) is 3.35. The molecule has 9 unspecified atom stereocenters. The second-order valence-electron chi connectivity index (χ2n) is 16.1. The summed E-state index contributed by atoms with van der Waals surface area (Å²) in [5.41, 5.74) is 0. The summed E-state index contributed by atoms with van der Waals surface area (Å²) in [5, 5.41) is 75.4. The van der Waals surface area contributed by atoms with Crippen molar-refractivity contribution in [3.63, 3.8) is 0 Å². The van der Waals surface area contributed by atoms with Gasteiger partial charge in [0, 0.05) is 0 Å². The van der Waals surface area contributed by atoms with E-state index in [4.69, 9.17) is 9.47 Å². The number of allylic oxidation sites excluding steroid dienone is 4. The zero-order valence-corrected chi connectivity index (χ0v) is 35.4. The Morgan fingerprint density at radius 2 is 1.07 bits per heavy atom. The molecule has 56 heavy (non-hydrogen) atoms. The molecule has 0 aromatic carbocycles. The van der Waals surface area contributed by atoms with Crippen LogP contribution in [0.5, 0.6) is 0 Å². The smallest absolute Gasteiger partial charge is 0.249 e. The molecule has 9 atom stereocenters. The van der Waals surface area contributed by atoms with E-state index in [9.17, 15) is 40.5 Å². The summed E-state index contributed by atoms with van der Waals surface area (Å²) in [4.78, 5) is 13.0. The standard InChI is InChI=1S/C45H85NO10/c1-3-5-7-9-11-13-14-15-16-17-18-19-20-21-22-23-25-26-28-30-32-37(48)40(50)36(35-55-45-43(53)42(52)41(51)39(34-47)56-45)46-44(54)38(49)33-31-29-27-24-12-10-8-6-4-2/h10,12,25-26,36-43,45,47-53H,3-9,11,13-24,27-35H2,1-2H3,(H,46,54)/b12-10-,26-25+. The monoisotopic (exact) mass is 800 g/mol. The molecule has 8 N–H and O–H groups in total. The van der Waals surface area contributed by atoms with Crippen molar-refractivity contribution < 1.29 is 50.0 Å². The molecule has 0 aliphatic carbocycles. The van der Waals surface area contributed by atoms with Crippen LogP contribution < -0.4 is 5.32 Å². The summed E-state index contributed by atoms with van der Waals surface area (Å²) in [6.07, 6.45) is 26.8. The van der Waals surface area contributed by atoms with E-state index in [2.05, 4.69) is 43.5 Å². The third kappa shape index (κ3) is 25.2. The first-order valence-electron chi connectivity index (χ1n) is 22.7. The Labute approximate surface area is 340 Å². The minimum atomic E-state index is -1.67. The van der Waals surface area contributed by atoms with Gasteiger partial charge in [0.15, 0.2) is 6.29 Å². The topological polar surface area (TPSA) is 189 Å². The molecular formula is C45H85NO10. The zero-order valence-electron chi connectivity index (χ0n) is 35.4. The molecule has 330 valence electrons. The second kappa shape index (κ2) is 35.5. The molecular weight excluding hydrogens is 714 g/mol. The molecule has 1 aliphatic heterocycles. The molecule has 1 heterocycles. The van der Waals surface area contributed by atoms with Gasteiger partial charge in [-0.2, -0.15) is 0 Å². The van der Waals surface area contributed by atoms with Crippen molar-refractivity contribution in [2.24, 2.45) is 0 Å². The highest BCUT2D eigenvalue weighted by molar-refractivity contribution is 5.80. The number of carbonyl (C=O) groups excluding carboxylic acids is 1. The Hall–Kier alpha value is -1.41. The van der Waals surface area contributed by atoms with E-state index in [0.717, 1.165) is 51.4 Å². The molecule has 1 fully saturated rings. The van der Waals surface area contributed by atoms with E-state index < -0.39 is 74.2 Å². The van der Waals surface area contributed by atoms with Crippen LogP contribution in [0, 0.1) is 0 Å². The number of aliphatic hydroxyl groups excluding tert-OH is 7. The van der Waals surface area contributed by atoms with Gasteiger partial charge in [-0.3, -0.25) is 4.79 Å². The summed E-state index contributed by atoms with van der Waals surface area (Å²) >= 11 is 0. The van der Waals surface area contributed by atoms with Crippen molar-refractivity contribution >= 4 is 5.91 Å². The van der Waals surface area contributed by atoms with Gasteiger partial charge in [0.05, 0.1) is 25.4 Å². The van der Waals surface area contributed by atoms with Crippen LogP contribution >= 0.6 is 0 Å². The van der Waals surface area contributed by atoms with E-state index in [1.165, 1.54) is 96.3 Å². The summed E-state index contributed by atoms with van der Waals surface area (Å²) in [5.74, 6) is -0.722. The van der Waals surface area contributed by atoms with E-state index >= 15 is 0 Å². The first-order chi connectivity index (χ1) is 27.2. The van der Waals surface area contributed by atoms with Crippen LogP contribution in [0.3, 0.4) is 0 Å². The van der Waals surface area contributed by atoms with E-state index in [1.54, 1.807) is 0 Å². The maximum atomic E-state index is 13.0. The van der Waals surface area contributed by atoms with Crippen LogP contribution in [0.2, 0.25) is 0 Å². The number of hydrogen-bond donors (Lipinski definition) is 8. The normalized spacial score (nSPS) is 22.5. The third-order valence-corrected chi connectivity index (χ3v) is 11.0. The van der Waals surface area contributed by atoms with Crippen LogP contribution in [0.4, 0.5) is 0 Å². The van der Waals surface area contributed by atoms with Gasteiger partial charge in [0.1, 0.15) is 36.6 Å². The molecule has 0 aromatic rings. The van der Waals surface area contributed by atoms with Crippen LogP contribution in [-0.4, -0.2) is 110 Å². The van der Waals surface area contributed by atoms with E-state index in [1.807, 2.05) is 0 Å². The Kier molecular flexibility index (Phi) is 33.4. The zero-order chi connectivity index (χ0) is 41.2. The summed E-state index contributed by atoms with van der Waals surface area (Å²) < 4.78 is 11.0. The van der Waals surface area contributed by atoms with Gasteiger partial charge in [-0.25, -0.2) is 0 Å². The minimum Gasteiger partial charge on any atom is -0.394 e. The fourth-order valence-electron chi connectivity index (χ4n) is 7.13. The van der Waals surface area contributed by atoms with E-state index in [0.29, 0.717) is 12.8 Å². The van der Waals surface area contributed by atoms with Gasteiger partial charge in [0.25, 0.3) is 0 Å². The van der Waals surface area contributed by atoms with Gasteiger partial charge in [-0.05, 0) is 57.8 Å². The SMILES string of the molecule is CCCC/C=C\CCCCCC(O)C(=O)NC(COC1OC(CO)C(O)C(O)C1O)C(O)C(O)CCC/C=C/CCCCCCCCCCCCCCCCC. The van der Waals surface area contributed by atoms with Gasteiger partial charge in [0.2, 0.25) is 5.91 Å². The molecule has 0 saturated carbocycles. The highest BCUT2D eigenvalue weighted by atomic mass is 16.7. The maximum absolute atomic E-state index is 13.0. The number of unbranched alkanes of at least 4 members (excludes halogenated alkanes) is 21. The fraction of sp³-hybridized carbons (Fsp3) is 0.889. The van der Waals surface area contributed by atoms with Crippen molar-refractivity contribution in [1.29, 1.82) is 0 Å². The maximum Gasteiger partial charge on any atom is 0.249 e. The quantitative estimate of drug-likeness (QED) is 0.0239. The highest BCUT2D eigenvalue weighted by Crippen LogP contribution is 2.23. The lowest BCUT2D eigenvalue weighted by Crippen LogP contribution is -2.60. The van der Waals surface area contributed by atoms with Gasteiger partial charge < -0.3 is 50.5 Å². The van der Waals surface area contributed by atoms with E-state index in [-0.39, 0.29) is 12.8 Å². The van der Waals surface area contributed by atoms with Crippen LogP contribution in [0.15, 0.2) is 24.3 Å². The number of carbonyl (C=O) groups is 1. The fourth-order valence-corrected chi connectivity index (χ4v) is 7.13. The van der Waals surface area contributed by atoms with Crippen LogP contribution in [0.25, 0.3) is 0 Å². The molecule has 1 amide bonds. The Bertz CT molecular complexity index is 965. The molecule has 1 saturated heterocycles. The van der Waals surface area contributed by atoms with Crippen molar-refractivity contribution in [2.75, 3.05) is 13.2 Å². The van der Waals surface area contributed by atoms with Crippen molar-refractivity contribution in [3.8, 4) is 0 Å². The Balaban J connectivity index is 2.44. The molecule has 0 radical (unpaired) electrons. The molecule has 1 rings (SSSR count). The molecule has 1 aliphatic rings. The average molecular weight is 800 g/mol. The number of aliphatic hydroxyl groups is 7. The lowest BCUT2D eigenvalue weighted by molar-refractivity contribution is -0.303. The molecule has 11 nitrogen and oxygen atoms in total. The Morgan fingerprint density at radius 1 is 0.607 bits per heavy atom. The lowest BCUT2D eigenvalue weighted by atomic mass is 9.98. The predicted octanol–water partition coefficient (Wildman–Crippen LogP) is 7.06. The van der Waals surface area contributed by atoms with Gasteiger partial charge >= 0.3 is 0 Å². The highest BCUT2D eigenvalue weighted by Gasteiger charge is 2.44. The Morgan fingerprint density at radius 3 is 1.59 bits per heavy atom. The summed E-state index contributed by atoms with van der Waals surface area (Å²) in [6, 6.07) is -1.19. The van der Waals surface area contributed by atoms with Crippen LogP contribution in [-0.2, 0) is 14.3 Å².